The number of allylic oxidation sites excluding steroid dienone is 6. The molecule has 0 spiro atoms. The van der Waals surface area contributed by atoms with Gasteiger partial charge >= 0.3 is 0 Å². The van der Waals surface area contributed by atoms with Crippen LogP contribution < -0.4 is 14.5 Å². The normalized spacial score (nSPS) is 14.7. The second kappa shape index (κ2) is 13.6. The van der Waals surface area contributed by atoms with Gasteiger partial charge in [0.15, 0.2) is 11.5 Å². The van der Waals surface area contributed by atoms with Crippen LogP contribution in [0.25, 0.3) is 17.0 Å². The van der Waals surface area contributed by atoms with Crippen LogP contribution in [0.4, 0.5) is 22.7 Å². The van der Waals surface area contributed by atoms with Crippen molar-refractivity contribution >= 4 is 34.9 Å². The van der Waals surface area contributed by atoms with Crippen LogP contribution in [0.3, 0.4) is 0 Å². The summed E-state index contributed by atoms with van der Waals surface area (Å²) in [5.41, 5.74) is 6.66. The number of fused-ring (bicyclic) bond motifs is 2. The van der Waals surface area contributed by atoms with Gasteiger partial charge in [0.2, 0.25) is 0 Å². The van der Waals surface area contributed by atoms with Crippen molar-refractivity contribution in [2.45, 2.75) is 13.8 Å². The molecule has 0 unspecified atom stereocenters. The predicted octanol–water partition coefficient (Wildman–Crippen LogP) is 10.3. The molecule has 4 aromatic rings. The Morgan fingerprint density at radius 2 is 1.26 bits per heavy atom. The molecule has 224 valence electrons. The number of anilines is 4. The van der Waals surface area contributed by atoms with Gasteiger partial charge in [-0.3, -0.25) is 0 Å². The van der Waals surface area contributed by atoms with Crippen molar-refractivity contribution in [1.82, 2.24) is 0 Å². The van der Waals surface area contributed by atoms with Gasteiger partial charge < -0.3 is 19.3 Å². The summed E-state index contributed by atoms with van der Waals surface area (Å²) in [5.74, 6) is 2.69. The molecule has 0 aliphatic carbocycles. The first-order chi connectivity index (χ1) is 22.6. The molecule has 0 N–H and O–H groups in total. The Hall–Kier alpha value is -6.24. The van der Waals surface area contributed by atoms with E-state index in [9.17, 15) is 5.26 Å². The zero-order valence-corrected chi connectivity index (χ0v) is 25.7. The van der Waals surface area contributed by atoms with Gasteiger partial charge in [0.05, 0.1) is 24.0 Å². The summed E-state index contributed by atoms with van der Waals surface area (Å²) in [5, 5.41) is 9.56. The highest BCUT2D eigenvalue weighted by atomic mass is 16.5. The Morgan fingerprint density at radius 3 is 1.76 bits per heavy atom. The summed E-state index contributed by atoms with van der Waals surface area (Å²) < 4.78 is 12.3. The second-order valence-corrected chi connectivity index (χ2v) is 10.6. The maximum Gasteiger partial charge on any atom is 0.269 e. The zero-order valence-electron chi connectivity index (χ0n) is 25.7. The lowest BCUT2D eigenvalue weighted by Gasteiger charge is -2.32. The molecular formula is C40H32N4O2. The lowest BCUT2D eigenvalue weighted by atomic mass is 10.1. The molecule has 2 aliphatic heterocycles. The fraction of sp³-hybridized carbons (Fsp3) is 0.100. The molecule has 0 saturated heterocycles. The van der Waals surface area contributed by atoms with E-state index in [4.69, 9.17) is 16.0 Å². The highest BCUT2D eigenvalue weighted by Crippen LogP contribution is 2.50. The molecule has 0 bridgehead atoms. The number of rotatable bonds is 8. The van der Waals surface area contributed by atoms with E-state index < -0.39 is 0 Å². The quantitative estimate of drug-likeness (QED) is 0.131. The minimum atomic E-state index is 0.0131. The van der Waals surface area contributed by atoms with Crippen LogP contribution in [0, 0.1) is 17.9 Å². The Morgan fingerprint density at radius 1 is 0.739 bits per heavy atom. The van der Waals surface area contributed by atoms with Crippen LogP contribution in [0.2, 0.25) is 0 Å². The third-order valence-electron chi connectivity index (χ3n) is 7.81. The predicted molar refractivity (Wildman–Crippen MR) is 186 cm³/mol. The van der Waals surface area contributed by atoms with Gasteiger partial charge in [0, 0.05) is 24.5 Å². The minimum Gasteiger partial charge on any atom is -0.457 e. The number of benzene rings is 4. The van der Waals surface area contributed by atoms with E-state index in [0.29, 0.717) is 17.1 Å². The summed E-state index contributed by atoms with van der Waals surface area (Å²) in [6, 6.07) is 34.6. The molecule has 2 heterocycles. The van der Waals surface area contributed by atoms with Crippen LogP contribution in [0.15, 0.2) is 144 Å². The molecule has 0 saturated carbocycles. The minimum absolute atomic E-state index is 0.0131. The first kappa shape index (κ1) is 29.8. The summed E-state index contributed by atoms with van der Waals surface area (Å²) in [7, 11) is 0. The first-order valence-corrected chi connectivity index (χ1v) is 15.2. The molecule has 4 aromatic carbocycles. The summed E-state index contributed by atoms with van der Waals surface area (Å²) in [6.07, 6.45) is 11.1. The third kappa shape index (κ3) is 6.33. The van der Waals surface area contributed by atoms with Crippen LogP contribution >= 0.6 is 0 Å². The molecule has 0 aromatic heterocycles. The second-order valence-electron chi connectivity index (χ2n) is 10.6. The van der Waals surface area contributed by atoms with Crippen molar-refractivity contribution in [3.05, 3.63) is 167 Å². The molecular weight excluding hydrogens is 568 g/mol. The third-order valence-corrected chi connectivity index (χ3v) is 7.81. The van der Waals surface area contributed by atoms with E-state index in [0.717, 1.165) is 52.8 Å². The van der Waals surface area contributed by atoms with Gasteiger partial charge in [-0.25, -0.2) is 10.1 Å². The summed E-state index contributed by atoms with van der Waals surface area (Å²) in [6.45, 7) is 13.7. The Labute approximate surface area is 270 Å². The van der Waals surface area contributed by atoms with E-state index in [1.807, 2.05) is 78.9 Å². The van der Waals surface area contributed by atoms with Crippen molar-refractivity contribution in [1.29, 1.82) is 5.26 Å². The highest BCUT2D eigenvalue weighted by molar-refractivity contribution is 5.86. The zero-order chi connectivity index (χ0) is 31.9. The van der Waals surface area contributed by atoms with Crippen molar-refractivity contribution in [3.8, 4) is 17.6 Å². The largest absolute Gasteiger partial charge is 0.457 e. The van der Waals surface area contributed by atoms with Gasteiger partial charge in [-0.15, -0.1) is 0 Å². The number of nitriles is 1. The lowest BCUT2D eigenvalue weighted by Crippen LogP contribution is -2.21. The number of hydrogen-bond acceptors (Lipinski definition) is 5. The number of hydrogen-bond donors (Lipinski definition) is 0. The number of nitrogens with zero attached hydrogens (tertiary/aromatic N) is 4. The van der Waals surface area contributed by atoms with Crippen molar-refractivity contribution < 1.29 is 9.47 Å². The first-order valence-electron chi connectivity index (χ1n) is 15.2. The lowest BCUT2D eigenvalue weighted by molar-refractivity contribution is 0.332. The number of para-hydroxylation sites is 4. The van der Waals surface area contributed by atoms with E-state index in [-0.39, 0.29) is 5.70 Å². The average Bonchev–Trinajstić information content (AvgIpc) is 3.10. The molecule has 6 heteroatoms. The van der Waals surface area contributed by atoms with Gasteiger partial charge in [0.1, 0.15) is 11.5 Å². The molecule has 6 rings (SSSR count). The molecule has 46 heavy (non-hydrogen) atoms. The Kier molecular flexibility index (Phi) is 8.81. The molecule has 0 atom stereocenters. The summed E-state index contributed by atoms with van der Waals surface area (Å²) >= 11 is 0. The van der Waals surface area contributed by atoms with Gasteiger partial charge in [0.25, 0.3) is 5.70 Å². The highest BCUT2D eigenvalue weighted by Gasteiger charge is 2.25. The maximum atomic E-state index is 9.56. The maximum absolute atomic E-state index is 9.56. The number of ether oxygens (including phenoxy) is 2. The van der Waals surface area contributed by atoms with Crippen LogP contribution in [-0.2, 0) is 4.74 Å². The molecule has 2 aliphatic rings. The Balaban J connectivity index is 1.22. The monoisotopic (exact) mass is 600 g/mol. The molecule has 0 amide bonds. The Bertz CT molecular complexity index is 1920. The van der Waals surface area contributed by atoms with E-state index in [1.54, 1.807) is 12.2 Å². The SMILES string of the molecule is [C-]#[N+]/C(C#N)=C1C=C(/C=C/c2ccc(N(CC)CC)cc2)OC(/C=C/c2ccc(N3c4ccccc4Oc4ccccc43)cc2)=C\1. The van der Waals surface area contributed by atoms with Crippen LogP contribution in [-0.4, -0.2) is 13.1 Å². The van der Waals surface area contributed by atoms with Crippen molar-refractivity contribution in [2.24, 2.45) is 0 Å². The molecule has 0 fully saturated rings. The van der Waals surface area contributed by atoms with Crippen molar-refractivity contribution in [3.63, 3.8) is 0 Å². The average molecular weight is 601 g/mol. The van der Waals surface area contributed by atoms with Crippen molar-refractivity contribution in [2.75, 3.05) is 22.9 Å². The van der Waals surface area contributed by atoms with Gasteiger partial charge in [-0.05, 0) is 103 Å². The van der Waals surface area contributed by atoms with Gasteiger partial charge in [-0.2, -0.15) is 0 Å². The molecule has 6 nitrogen and oxygen atoms in total. The van der Waals surface area contributed by atoms with E-state index in [2.05, 4.69) is 77.0 Å². The molecule has 0 radical (unpaired) electrons. The van der Waals surface area contributed by atoms with E-state index >= 15 is 0 Å². The van der Waals surface area contributed by atoms with Crippen LogP contribution in [0.1, 0.15) is 25.0 Å². The standard InChI is InChI=1S/C40H32N4O2/c1-4-43(5-2)32-20-14-29(15-21-32)18-24-34-26-31(36(28-41)42-3)27-35(45-34)25-19-30-16-22-33(23-17-30)44-37-10-6-8-12-39(37)46-40-13-9-7-11-38(40)44/h6-27H,4-5H2,1-2H3/b24-18+,25-19+,36-31+. The fourth-order valence-electron chi connectivity index (χ4n) is 5.46. The van der Waals surface area contributed by atoms with Crippen LogP contribution in [0.5, 0.6) is 11.5 Å². The topological polar surface area (TPSA) is 53.1 Å². The van der Waals surface area contributed by atoms with Gasteiger partial charge in [-0.1, -0.05) is 60.7 Å². The summed E-state index contributed by atoms with van der Waals surface area (Å²) in [4.78, 5) is 7.91. The smallest absolute Gasteiger partial charge is 0.269 e. The fourth-order valence-corrected chi connectivity index (χ4v) is 5.46. The van der Waals surface area contributed by atoms with E-state index in [1.165, 1.54) is 5.69 Å².